The van der Waals surface area contributed by atoms with Gasteiger partial charge in [0.25, 0.3) is 0 Å². The number of hydrogen-bond donors (Lipinski definition) is 2. The standard InChI is InChI=1S/C24H46O5/c1-3-5-7-9-11-12-14-16-18-21(17-15-13-10-8-6-4-2)20-29-24(28)22(25)19-23(26)27/h21-22,25H,3-20H2,1-2H3,(H,26,27). The molecule has 5 nitrogen and oxygen atoms in total. The topological polar surface area (TPSA) is 83.8 Å². The van der Waals surface area contributed by atoms with E-state index in [1.165, 1.54) is 77.0 Å². The summed E-state index contributed by atoms with van der Waals surface area (Å²) in [5.74, 6) is -1.70. The van der Waals surface area contributed by atoms with E-state index in [4.69, 9.17) is 9.84 Å². The zero-order valence-electron chi connectivity index (χ0n) is 19.0. The molecule has 0 aromatic rings. The Bertz CT molecular complexity index is 397. The summed E-state index contributed by atoms with van der Waals surface area (Å²) >= 11 is 0. The van der Waals surface area contributed by atoms with Gasteiger partial charge in [-0.05, 0) is 18.8 Å². The van der Waals surface area contributed by atoms with Crippen molar-refractivity contribution in [1.82, 2.24) is 0 Å². The highest BCUT2D eigenvalue weighted by Gasteiger charge is 2.21. The maximum atomic E-state index is 11.8. The van der Waals surface area contributed by atoms with Crippen molar-refractivity contribution in [3.63, 3.8) is 0 Å². The number of aliphatic hydroxyl groups excluding tert-OH is 1. The van der Waals surface area contributed by atoms with Crippen molar-refractivity contribution in [2.75, 3.05) is 6.61 Å². The van der Waals surface area contributed by atoms with Crippen LogP contribution < -0.4 is 0 Å². The number of aliphatic carboxylic acids is 1. The predicted octanol–water partition coefficient (Wildman–Crippen LogP) is 6.26. The number of ether oxygens (including phenoxy) is 1. The maximum Gasteiger partial charge on any atom is 0.335 e. The van der Waals surface area contributed by atoms with E-state index in [1.54, 1.807) is 0 Å². The molecule has 0 fully saturated rings. The highest BCUT2D eigenvalue weighted by atomic mass is 16.5. The van der Waals surface area contributed by atoms with Gasteiger partial charge in [-0.15, -0.1) is 0 Å². The molecule has 0 heterocycles. The Morgan fingerprint density at radius 1 is 0.724 bits per heavy atom. The van der Waals surface area contributed by atoms with E-state index in [0.717, 1.165) is 25.7 Å². The second-order valence-electron chi connectivity index (χ2n) is 8.43. The number of carboxylic acids is 1. The van der Waals surface area contributed by atoms with Crippen molar-refractivity contribution < 1.29 is 24.5 Å². The van der Waals surface area contributed by atoms with Crippen LogP contribution in [0.1, 0.15) is 123 Å². The van der Waals surface area contributed by atoms with Gasteiger partial charge in [-0.25, -0.2) is 4.79 Å². The molecule has 0 aliphatic rings. The normalized spacial score (nSPS) is 13.2. The molecule has 172 valence electrons. The van der Waals surface area contributed by atoms with E-state index in [1.807, 2.05) is 0 Å². The fourth-order valence-electron chi connectivity index (χ4n) is 3.64. The Balaban J connectivity index is 4.14. The molecule has 2 atom stereocenters. The molecule has 0 rings (SSSR count). The van der Waals surface area contributed by atoms with Crippen LogP contribution in [0.25, 0.3) is 0 Å². The van der Waals surface area contributed by atoms with Gasteiger partial charge >= 0.3 is 11.9 Å². The molecule has 0 amide bonds. The third kappa shape index (κ3) is 18.7. The van der Waals surface area contributed by atoms with Crippen LogP contribution in [0.15, 0.2) is 0 Å². The first-order valence-electron chi connectivity index (χ1n) is 12.1. The zero-order chi connectivity index (χ0) is 21.7. The molecule has 5 heteroatoms. The summed E-state index contributed by atoms with van der Waals surface area (Å²) < 4.78 is 5.23. The summed E-state index contributed by atoms with van der Waals surface area (Å²) in [5.41, 5.74) is 0. The van der Waals surface area contributed by atoms with Crippen molar-refractivity contribution in [2.24, 2.45) is 5.92 Å². The van der Waals surface area contributed by atoms with Gasteiger partial charge in [0.05, 0.1) is 13.0 Å². The monoisotopic (exact) mass is 414 g/mol. The zero-order valence-corrected chi connectivity index (χ0v) is 19.0. The number of rotatable bonds is 21. The minimum absolute atomic E-state index is 0.293. The van der Waals surface area contributed by atoms with Crippen LogP contribution in [0.3, 0.4) is 0 Å². The largest absolute Gasteiger partial charge is 0.481 e. The molecule has 0 saturated carbocycles. The summed E-state index contributed by atoms with van der Waals surface area (Å²) in [4.78, 5) is 22.4. The predicted molar refractivity (Wildman–Crippen MR) is 118 cm³/mol. The minimum atomic E-state index is -1.56. The van der Waals surface area contributed by atoms with Gasteiger partial charge in [0.1, 0.15) is 0 Å². The highest BCUT2D eigenvalue weighted by Crippen LogP contribution is 2.20. The molecule has 2 N–H and O–H groups in total. The van der Waals surface area contributed by atoms with E-state index in [2.05, 4.69) is 13.8 Å². The first kappa shape index (κ1) is 27.9. The van der Waals surface area contributed by atoms with Crippen molar-refractivity contribution in [3.05, 3.63) is 0 Å². The third-order valence-corrected chi connectivity index (χ3v) is 5.53. The van der Waals surface area contributed by atoms with Gasteiger partial charge in [-0.2, -0.15) is 0 Å². The minimum Gasteiger partial charge on any atom is -0.481 e. The maximum absolute atomic E-state index is 11.8. The number of carbonyl (C=O) groups excluding carboxylic acids is 1. The molecule has 0 aliphatic carbocycles. The van der Waals surface area contributed by atoms with Gasteiger partial charge in [0, 0.05) is 0 Å². The van der Waals surface area contributed by atoms with Crippen molar-refractivity contribution >= 4 is 11.9 Å². The Hall–Kier alpha value is -1.10. The van der Waals surface area contributed by atoms with Gasteiger partial charge in [-0.1, -0.05) is 104 Å². The third-order valence-electron chi connectivity index (χ3n) is 5.53. The Kier molecular flexibility index (Phi) is 19.4. The smallest absolute Gasteiger partial charge is 0.335 e. The highest BCUT2D eigenvalue weighted by molar-refractivity contribution is 5.80. The van der Waals surface area contributed by atoms with Gasteiger partial charge in [-0.3, -0.25) is 4.79 Å². The van der Waals surface area contributed by atoms with E-state index >= 15 is 0 Å². The number of unbranched alkanes of at least 4 members (excludes halogenated alkanes) is 12. The lowest BCUT2D eigenvalue weighted by molar-refractivity contribution is -0.159. The van der Waals surface area contributed by atoms with E-state index in [-0.39, 0.29) is 0 Å². The second-order valence-corrected chi connectivity index (χ2v) is 8.43. The quantitative estimate of drug-likeness (QED) is 0.171. The SMILES string of the molecule is CCCCCCCCCCC(CCCCCCCC)COC(=O)C(O)CC(=O)O. The number of aliphatic hydroxyl groups is 1. The molecule has 0 aromatic heterocycles. The first-order chi connectivity index (χ1) is 14.0. The van der Waals surface area contributed by atoms with Crippen LogP contribution in [0.4, 0.5) is 0 Å². The van der Waals surface area contributed by atoms with Crippen molar-refractivity contribution in [2.45, 2.75) is 129 Å². The summed E-state index contributed by atoms with van der Waals surface area (Å²) in [6.45, 7) is 4.74. The van der Waals surface area contributed by atoms with Crippen LogP contribution in [0, 0.1) is 5.92 Å². The number of carboxylic acid groups (broad SMARTS) is 1. The Morgan fingerprint density at radius 2 is 1.14 bits per heavy atom. The number of esters is 1. The average Bonchev–Trinajstić information content (AvgIpc) is 2.69. The van der Waals surface area contributed by atoms with Crippen LogP contribution >= 0.6 is 0 Å². The summed E-state index contributed by atoms with van der Waals surface area (Å²) in [5, 5.41) is 18.3. The summed E-state index contributed by atoms with van der Waals surface area (Å²) in [6, 6.07) is 0. The molecule has 0 spiro atoms. The summed E-state index contributed by atoms with van der Waals surface area (Å²) in [7, 11) is 0. The number of carbonyl (C=O) groups is 2. The van der Waals surface area contributed by atoms with Crippen LogP contribution in [-0.4, -0.2) is 34.9 Å². The number of hydrogen-bond acceptors (Lipinski definition) is 4. The molecule has 29 heavy (non-hydrogen) atoms. The lowest BCUT2D eigenvalue weighted by atomic mass is 9.94. The van der Waals surface area contributed by atoms with Crippen molar-refractivity contribution in [1.29, 1.82) is 0 Å². The van der Waals surface area contributed by atoms with Crippen LogP contribution in [-0.2, 0) is 14.3 Å². The summed E-state index contributed by atoms with van der Waals surface area (Å²) in [6.07, 6.45) is 17.5. The first-order valence-corrected chi connectivity index (χ1v) is 12.1. The molecular formula is C24H46O5. The lowest BCUT2D eigenvalue weighted by Gasteiger charge is -2.18. The second kappa shape index (κ2) is 20.2. The lowest BCUT2D eigenvalue weighted by Crippen LogP contribution is -2.27. The molecule has 2 unspecified atom stereocenters. The fourth-order valence-corrected chi connectivity index (χ4v) is 3.64. The molecule has 0 aliphatic heterocycles. The molecular weight excluding hydrogens is 368 g/mol. The van der Waals surface area contributed by atoms with Gasteiger partial charge in [0.2, 0.25) is 0 Å². The Labute approximate surface area is 178 Å². The van der Waals surface area contributed by atoms with Gasteiger partial charge < -0.3 is 14.9 Å². The van der Waals surface area contributed by atoms with Crippen molar-refractivity contribution in [3.8, 4) is 0 Å². The molecule has 0 bridgehead atoms. The molecule has 0 aromatic carbocycles. The van der Waals surface area contributed by atoms with Gasteiger partial charge in [0.15, 0.2) is 6.10 Å². The Morgan fingerprint density at radius 3 is 1.55 bits per heavy atom. The van der Waals surface area contributed by atoms with E-state index in [9.17, 15) is 14.7 Å². The van der Waals surface area contributed by atoms with Crippen LogP contribution in [0.5, 0.6) is 0 Å². The molecule has 0 radical (unpaired) electrons. The average molecular weight is 415 g/mol. The van der Waals surface area contributed by atoms with E-state index < -0.39 is 24.5 Å². The van der Waals surface area contributed by atoms with E-state index in [0.29, 0.717) is 12.5 Å². The fraction of sp³-hybridized carbons (Fsp3) is 0.917. The van der Waals surface area contributed by atoms with Crippen LogP contribution in [0.2, 0.25) is 0 Å². The molecule has 0 saturated heterocycles.